The van der Waals surface area contributed by atoms with Crippen LogP contribution in [0.2, 0.25) is 10.0 Å². The highest BCUT2D eigenvalue weighted by Crippen LogP contribution is 2.27. The topological polar surface area (TPSA) is 77.2 Å². The van der Waals surface area contributed by atoms with Gasteiger partial charge < -0.3 is 9.26 Å². The van der Waals surface area contributed by atoms with Crippen LogP contribution in [-0.4, -0.2) is 22.2 Å². The molecule has 3 aromatic rings. The lowest BCUT2D eigenvalue weighted by Gasteiger charge is -2.15. The van der Waals surface area contributed by atoms with E-state index in [1.807, 2.05) is 13.8 Å². The Bertz CT molecular complexity index is 965. The minimum Gasteiger partial charge on any atom is -0.481 e. The summed E-state index contributed by atoms with van der Waals surface area (Å²) < 4.78 is 10.9. The van der Waals surface area contributed by atoms with E-state index in [2.05, 4.69) is 15.5 Å². The van der Waals surface area contributed by atoms with E-state index in [1.54, 1.807) is 43.3 Å². The number of carbonyl (C=O) groups excluding carboxylic acids is 1. The van der Waals surface area contributed by atoms with E-state index in [0.717, 1.165) is 11.1 Å². The van der Waals surface area contributed by atoms with Crippen LogP contribution in [0.3, 0.4) is 0 Å². The van der Waals surface area contributed by atoms with Crippen LogP contribution in [0.5, 0.6) is 5.75 Å². The molecule has 140 valence electrons. The molecule has 1 N–H and O–H groups in total. The maximum Gasteiger partial charge on any atom is 0.270 e. The van der Waals surface area contributed by atoms with Gasteiger partial charge in [-0.3, -0.25) is 10.1 Å². The van der Waals surface area contributed by atoms with E-state index >= 15 is 0 Å². The molecule has 1 atom stereocenters. The minimum absolute atomic E-state index is 0.0499. The van der Waals surface area contributed by atoms with Crippen LogP contribution in [0.1, 0.15) is 18.1 Å². The lowest BCUT2D eigenvalue weighted by atomic mass is 10.1. The van der Waals surface area contributed by atoms with Gasteiger partial charge in [0.2, 0.25) is 0 Å². The van der Waals surface area contributed by atoms with Gasteiger partial charge in [0.1, 0.15) is 5.75 Å². The summed E-state index contributed by atoms with van der Waals surface area (Å²) in [5.41, 5.74) is 2.42. The quantitative estimate of drug-likeness (QED) is 0.641. The van der Waals surface area contributed by atoms with Gasteiger partial charge in [0, 0.05) is 15.6 Å². The maximum absolute atomic E-state index is 12.3. The molecule has 6 nitrogen and oxygen atoms in total. The Morgan fingerprint density at radius 2 is 1.89 bits per heavy atom. The molecule has 0 radical (unpaired) electrons. The molecule has 1 amide bonds. The third-order valence-electron chi connectivity index (χ3n) is 3.82. The summed E-state index contributed by atoms with van der Waals surface area (Å²) in [5, 5.41) is 7.55. The molecule has 0 saturated carbocycles. The van der Waals surface area contributed by atoms with Gasteiger partial charge in [0.25, 0.3) is 17.7 Å². The molecular weight excluding hydrogens is 389 g/mol. The number of hydrogen-bond donors (Lipinski definition) is 1. The van der Waals surface area contributed by atoms with Gasteiger partial charge in [-0.1, -0.05) is 29.3 Å². The number of benzene rings is 2. The Kier molecular flexibility index (Phi) is 5.68. The summed E-state index contributed by atoms with van der Waals surface area (Å²) >= 11 is 12.1. The first-order chi connectivity index (χ1) is 12.8. The van der Waals surface area contributed by atoms with Crippen molar-refractivity contribution in [2.45, 2.75) is 26.9 Å². The predicted molar refractivity (Wildman–Crippen MR) is 104 cm³/mol. The summed E-state index contributed by atoms with van der Waals surface area (Å²) in [6.07, 6.45) is -0.766. The molecule has 8 heteroatoms. The van der Waals surface area contributed by atoms with Crippen LogP contribution in [0.25, 0.3) is 11.5 Å². The molecule has 27 heavy (non-hydrogen) atoms. The largest absolute Gasteiger partial charge is 0.481 e. The van der Waals surface area contributed by atoms with Crippen molar-refractivity contribution in [2.24, 2.45) is 0 Å². The Morgan fingerprint density at radius 1 is 1.19 bits per heavy atom. The van der Waals surface area contributed by atoms with Crippen molar-refractivity contribution in [3.8, 4) is 17.2 Å². The van der Waals surface area contributed by atoms with Crippen molar-refractivity contribution in [2.75, 3.05) is 5.32 Å². The highest BCUT2D eigenvalue weighted by Gasteiger charge is 2.19. The summed E-state index contributed by atoms with van der Waals surface area (Å²) in [4.78, 5) is 16.5. The zero-order valence-corrected chi connectivity index (χ0v) is 16.4. The van der Waals surface area contributed by atoms with Crippen molar-refractivity contribution in [1.82, 2.24) is 10.1 Å². The second kappa shape index (κ2) is 7.98. The molecule has 0 saturated heterocycles. The van der Waals surface area contributed by atoms with Gasteiger partial charge in [0.15, 0.2) is 6.10 Å². The van der Waals surface area contributed by atoms with Crippen molar-refractivity contribution >= 4 is 35.1 Å². The lowest BCUT2D eigenvalue weighted by Crippen LogP contribution is -2.30. The number of hydrogen-bond acceptors (Lipinski definition) is 5. The molecule has 0 aliphatic heterocycles. The normalized spacial score (nSPS) is 11.9. The zero-order valence-electron chi connectivity index (χ0n) is 14.9. The molecule has 1 unspecified atom stereocenters. The molecule has 2 aromatic carbocycles. The average Bonchev–Trinajstić information content (AvgIpc) is 3.08. The van der Waals surface area contributed by atoms with E-state index in [4.69, 9.17) is 32.5 Å². The lowest BCUT2D eigenvalue weighted by molar-refractivity contribution is -0.122. The molecule has 0 aliphatic rings. The second-order valence-corrected chi connectivity index (χ2v) is 6.87. The number of nitrogens with zero attached hydrogens (tertiary/aromatic N) is 2. The van der Waals surface area contributed by atoms with E-state index in [-0.39, 0.29) is 11.8 Å². The highest BCUT2D eigenvalue weighted by molar-refractivity contribution is 6.32. The van der Waals surface area contributed by atoms with Crippen molar-refractivity contribution in [1.29, 1.82) is 0 Å². The summed E-state index contributed by atoms with van der Waals surface area (Å²) in [6.45, 7) is 5.39. The van der Waals surface area contributed by atoms with Gasteiger partial charge in [-0.2, -0.15) is 4.98 Å². The van der Waals surface area contributed by atoms with E-state index in [1.165, 1.54) is 0 Å². The SMILES string of the molecule is Cc1cc(OC(C)C(=O)Nc2noc(-c3cccc(Cl)c3)n2)cc(C)c1Cl. The molecule has 0 fully saturated rings. The number of aromatic nitrogens is 2. The Hall–Kier alpha value is -2.57. The molecular formula is C19H17Cl2N3O3. The van der Waals surface area contributed by atoms with Crippen LogP contribution in [0.4, 0.5) is 5.95 Å². The fourth-order valence-corrected chi connectivity index (χ4v) is 2.76. The fraction of sp³-hybridized carbons (Fsp3) is 0.211. The Morgan fingerprint density at radius 3 is 2.56 bits per heavy atom. The highest BCUT2D eigenvalue weighted by atomic mass is 35.5. The van der Waals surface area contributed by atoms with Crippen LogP contribution in [-0.2, 0) is 4.79 Å². The fourth-order valence-electron chi connectivity index (χ4n) is 2.46. The zero-order chi connectivity index (χ0) is 19.6. The number of carbonyl (C=O) groups is 1. The molecule has 0 bridgehead atoms. The van der Waals surface area contributed by atoms with Crippen molar-refractivity contribution < 1.29 is 14.1 Å². The first-order valence-electron chi connectivity index (χ1n) is 8.17. The number of nitrogens with one attached hydrogen (secondary N) is 1. The van der Waals surface area contributed by atoms with Crippen molar-refractivity contribution in [3.05, 3.63) is 57.6 Å². The van der Waals surface area contributed by atoms with Gasteiger partial charge >= 0.3 is 0 Å². The van der Waals surface area contributed by atoms with E-state index in [0.29, 0.717) is 21.4 Å². The van der Waals surface area contributed by atoms with Gasteiger partial charge in [0.05, 0.1) is 0 Å². The van der Waals surface area contributed by atoms with Crippen LogP contribution in [0.15, 0.2) is 40.9 Å². The number of anilines is 1. The number of ether oxygens (including phenoxy) is 1. The number of aryl methyl sites for hydroxylation is 2. The second-order valence-electron chi connectivity index (χ2n) is 6.05. The van der Waals surface area contributed by atoms with Gasteiger partial charge in [-0.15, -0.1) is 0 Å². The third kappa shape index (κ3) is 4.59. The monoisotopic (exact) mass is 405 g/mol. The molecule has 0 spiro atoms. The standard InChI is InChI=1S/C19H17Cl2N3O3/c1-10-7-15(8-11(2)16(10)21)26-12(3)17(25)22-19-23-18(27-24-19)13-5-4-6-14(20)9-13/h4-9,12H,1-3H3,(H,22,24,25). The van der Waals surface area contributed by atoms with Crippen LogP contribution >= 0.6 is 23.2 Å². The average molecular weight is 406 g/mol. The smallest absolute Gasteiger partial charge is 0.270 e. The number of rotatable bonds is 5. The number of amides is 1. The van der Waals surface area contributed by atoms with E-state index in [9.17, 15) is 4.79 Å². The predicted octanol–water partition coefficient (Wildman–Crippen LogP) is 5.07. The molecule has 3 rings (SSSR count). The number of halogens is 2. The minimum atomic E-state index is -0.766. The van der Waals surface area contributed by atoms with Crippen LogP contribution in [0, 0.1) is 13.8 Å². The first-order valence-corrected chi connectivity index (χ1v) is 8.93. The molecule has 0 aliphatic carbocycles. The van der Waals surface area contributed by atoms with Crippen LogP contribution < -0.4 is 10.1 Å². The Labute approximate surface area is 166 Å². The van der Waals surface area contributed by atoms with E-state index < -0.39 is 12.0 Å². The summed E-state index contributed by atoms with van der Waals surface area (Å²) in [6, 6.07) is 10.5. The summed E-state index contributed by atoms with van der Waals surface area (Å²) in [7, 11) is 0. The molecule has 1 heterocycles. The van der Waals surface area contributed by atoms with Gasteiger partial charge in [-0.25, -0.2) is 0 Å². The Balaban J connectivity index is 1.67. The summed E-state index contributed by atoms with van der Waals surface area (Å²) in [5.74, 6) is 0.461. The first kappa shape index (κ1) is 19.2. The maximum atomic E-state index is 12.3. The van der Waals surface area contributed by atoms with Gasteiger partial charge in [-0.05, 0) is 67.4 Å². The third-order valence-corrected chi connectivity index (χ3v) is 4.66. The molecule has 1 aromatic heterocycles. The van der Waals surface area contributed by atoms with Crippen molar-refractivity contribution in [3.63, 3.8) is 0 Å².